The van der Waals surface area contributed by atoms with Gasteiger partial charge in [-0.15, -0.1) is 0 Å². The first-order chi connectivity index (χ1) is 14.0. The number of anilines is 1. The van der Waals surface area contributed by atoms with Crippen LogP contribution in [0, 0.1) is 18.7 Å². The minimum Gasteiger partial charge on any atom is -0.384 e. The summed E-state index contributed by atoms with van der Waals surface area (Å²) in [6, 6.07) is 10.3. The average molecular weight is 392 g/mol. The molecule has 5 nitrogen and oxygen atoms in total. The van der Waals surface area contributed by atoms with Gasteiger partial charge < -0.3 is 16.4 Å². The molecule has 1 aliphatic heterocycles. The van der Waals surface area contributed by atoms with E-state index in [-0.39, 0.29) is 11.7 Å². The van der Waals surface area contributed by atoms with Gasteiger partial charge in [-0.05, 0) is 79.6 Å². The summed E-state index contributed by atoms with van der Waals surface area (Å²) in [6.07, 6.45) is 3.73. The zero-order valence-electron chi connectivity index (χ0n) is 16.5. The Morgan fingerprint density at radius 2 is 2.07 bits per heavy atom. The van der Waals surface area contributed by atoms with Gasteiger partial charge >= 0.3 is 0 Å². The molecular weight excluding hydrogens is 367 g/mol. The highest BCUT2D eigenvalue weighted by atomic mass is 19.1. The van der Waals surface area contributed by atoms with Gasteiger partial charge in [0.2, 0.25) is 0 Å². The van der Waals surface area contributed by atoms with Crippen molar-refractivity contribution in [3.63, 3.8) is 0 Å². The highest BCUT2D eigenvalue weighted by Gasteiger charge is 2.18. The number of nitrogens with zero attached hydrogens (tertiary/aromatic N) is 1. The number of hydrogen-bond donors (Lipinski definition) is 3. The summed E-state index contributed by atoms with van der Waals surface area (Å²) in [7, 11) is 0. The Balaban J connectivity index is 1.74. The number of amides is 1. The summed E-state index contributed by atoms with van der Waals surface area (Å²) in [6.45, 7) is 4.45. The second-order valence-corrected chi connectivity index (χ2v) is 7.69. The fourth-order valence-electron chi connectivity index (χ4n) is 4.02. The number of nitrogens with two attached hydrogens (primary N) is 1. The third-order valence-electron chi connectivity index (χ3n) is 5.62. The molecule has 1 aliphatic rings. The summed E-state index contributed by atoms with van der Waals surface area (Å²) in [5.74, 6) is 0.332. The quantitative estimate of drug-likeness (QED) is 0.633. The Labute approximate surface area is 169 Å². The molecule has 6 heteroatoms. The van der Waals surface area contributed by atoms with E-state index in [9.17, 15) is 9.18 Å². The van der Waals surface area contributed by atoms with E-state index >= 15 is 0 Å². The molecule has 0 saturated carbocycles. The molecule has 1 amide bonds. The average Bonchev–Trinajstić information content (AvgIpc) is 2.72. The lowest BCUT2D eigenvalue weighted by molar-refractivity contribution is 0.0946. The Hall–Kier alpha value is -2.99. The van der Waals surface area contributed by atoms with Gasteiger partial charge in [-0.25, -0.2) is 9.37 Å². The number of aryl methyl sites for hydroxylation is 1. The molecule has 0 radical (unpaired) electrons. The number of piperidine rings is 1. The highest BCUT2D eigenvalue weighted by molar-refractivity contribution is 6.09. The van der Waals surface area contributed by atoms with Crippen LogP contribution < -0.4 is 16.4 Å². The van der Waals surface area contributed by atoms with Gasteiger partial charge in [0.1, 0.15) is 11.6 Å². The van der Waals surface area contributed by atoms with E-state index in [1.54, 1.807) is 24.4 Å². The predicted octanol–water partition coefficient (Wildman–Crippen LogP) is 3.66. The minimum absolute atomic E-state index is 0.171. The van der Waals surface area contributed by atoms with Crippen molar-refractivity contribution in [2.24, 2.45) is 5.92 Å². The lowest BCUT2D eigenvalue weighted by atomic mass is 9.94. The number of rotatable bonds is 4. The zero-order chi connectivity index (χ0) is 20.4. The zero-order valence-corrected chi connectivity index (χ0v) is 16.5. The first-order valence-corrected chi connectivity index (χ1v) is 9.96. The number of pyridine rings is 1. The SMILES string of the molecule is Cc1cccc(F)c1-c1cc(C(=O)NCC2CCNCC2)c2cc(N)ncc2c1. The lowest BCUT2D eigenvalue weighted by Gasteiger charge is -2.23. The maximum Gasteiger partial charge on any atom is 0.251 e. The van der Waals surface area contributed by atoms with E-state index in [0.717, 1.165) is 42.3 Å². The van der Waals surface area contributed by atoms with Crippen LogP contribution in [0.3, 0.4) is 0 Å². The molecule has 2 aromatic carbocycles. The van der Waals surface area contributed by atoms with Crippen molar-refractivity contribution in [2.45, 2.75) is 19.8 Å². The fourth-order valence-corrected chi connectivity index (χ4v) is 4.02. The fraction of sp³-hybridized carbons (Fsp3) is 0.304. The second-order valence-electron chi connectivity index (χ2n) is 7.69. The van der Waals surface area contributed by atoms with E-state index in [1.165, 1.54) is 6.07 Å². The van der Waals surface area contributed by atoms with Crippen molar-refractivity contribution in [3.8, 4) is 11.1 Å². The maximum atomic E-state index is 14.6. The van der Waals surface area contributed by atoms with Crippen LogP contribution in [0.5, 0.6) is 0 Å². The Morgan fingerprint density at radius 1 is 1.28 bits per heavy atom. The van der Waals surface area contributed by atoms with Crippen LogP contribution in [0.4, 0.5) is 10.2 Å². The summed E-state index contributed by atoms with van der Waals surface area (Å²) < 4.78 is 14.6. The van der Waals surface area contributed by atoms with Crippen LogP contribution in [-0.2, 0) is 0 Å². The van der Waals surface area contributed by atoms with Gasteiger partial charge in [-0.2, -0.15) is 0 Å². The van der Waals surface area contributed by atoms with Gasteiger partial charge in [0.05, 0.1) is 0 Å². The Bertz CT molecular complexity index is 1040. The van der Waals surface area contributed by atoms with E-state index in [0.29, 0.717) is 35.0 Å². The number of nitrogen functional groups attached to an aromatic ring is 1. The molecule has 150 valence electrons. The molecular formula is C23H25FN4O. The van der Waals surface area contributed by atoms with Crippen LogP contribution in [0.2, 0.25) is 0 Å². The van der Waals surface area contributed by atoms with Crippen LogP contribution >= 0.6 is 0 Å². The van der Waals surface area contributed by atoms with E-state index in [4.69, 9.17) is 5.73 Å². The van der Waals surface area contributed by atoms with Crippen molar-refractivity contribution in [3.05, 3.63) is 59.5 Å². The largest absolute Gasteiger partial charge is 0.384 e. The number of fused-ring (bicyclic) bond motifs is 1. The number of halogens is 1. The standard InChI is InChI=1S/C23H25FN4O/c1-14-3-2-4-20(24)22(14)16-9-17-13-27-21(25)11-18(17)19(10-16)23(29)28-12-15-5-7-26-8-6-15/h2-4,9-11,13,15,26H,5-8,12H2,1H3,(H2,25,27)(H,28,29). The molecule has 1 fully saturated rings. The maximum absolute atomic E-state index is 14.6. The molecule has 2 heterocycles. The molecule has 4 rings (SSSR count). The van der Waals surface area contributed by atoms with Crippen LogP contribution in [0.1, 0.15) is 28.8 Å². The molecule has 0 unspecified atom stereocenters. The Morgan fingerprint density at radius 3 is 2.83 bits per heavy atom. The summed E-state index contributed by atoms with van der Waals surface area (Å²) >= 11 is 0. The van der Waals surface area contributed by atoms with Crippen LogP contribution in [0.25, 0.3) is 21.9 Å². The van der Waals surface area contributed by atoms with Gasteiger partial charge in [0.15, 0.2) is 0 Å². The lowest BCUT2D eigenvalue weighted by Crippen LogP contribution is -2.36. The summed E-state index contributed by atoms with van der Waals surface area (Å²) in [5, 5.41) is 7.87. The molecule has 1 aromatic heterocycles. The van der Waals surface area contributed by atoms with Crippen LogP contribution in [0.15, 0.2) is 42.6 Å². The predicted molar refractivity (Wildman–Crippen MR) is 114 cm³/mol. The first-order valence-electron chi connectivity index (χ1n) is 9.96. The van der Waals surface area contributed by atoms with Crippen molar-refractivity contribution in [1.82, 2.24) is 15.6 Å². The Kier molecular flexibility index (Phi) is 5.45. The molecule has 4 N–H and O–H groups in total. The monoisotopic (exact) mass is 392 g/mol. The van der Waals surface area contributed by atoms with E-state index in [1.807, 2.05) is 19.1 Å². The molecule has 0 bridgehead atoms. The van der Waals surface area contributed by atoms with Crippen molar-refractivity contribution >= 4 is 22.5 Å². The smallest absolute Gasteiger partial charge is 0.251 e. The molecule has 0 atom stereocenters. The van der Waals surface area contributed by atoms with Crippen molar-refractivity contribution < 1.29 is 9.18 Å². The number of nitrogens with one attached hydrogen (secondary N) is 2. The van der Waals surface area contributed by atoms with Crippen molar-refractivity contribution in [2.75, 3.05) is 25.4 Å². The summed E-state index contributed by atoms with van der Waals surface area (Å²) in [4.78, 5) is 17.2. The molecule has 29 heavy (non-hydrogen) atoms. The number of carbonyl (C=O) groups is 1. The number of hydrogen-bond acceptors (Lipinski definition) is 4. The molecule has 1 saturated heterocycles. The third kappa shape index (κ3) is 4.07. The van der Waals surface area contributed by atoms with Gasteiger partial charge in [0, 0.05) is 29.3 Å². The number of aromatic nitrogens is 1. The van der Waals surface area contributed by atoms with Gasteiger partial charge in [-0.1, -0.05) is 12.1 Å². The molecule has 3 aromatic rings. The topological polar surface area (TPSA) is 80.0 Å². The molecule has 0 spiro atoms. The van der Waals surface area contributed by atoms with E-state index in [2.05, 4.69) is 15.6 Å². The van der Waals surface area contributed by atoms with Crippen molar-refractivity contribution in [1.29, 1.82) is 0 Å². The minimum atomic E-state index is -0.311. The number of carbonyl (C=O) groups excluding carboxylic acids is 1. The first kappa shape index (κ1) is 19.3. The highest BCUT2D eigenvalue weighted by Crippen LogP contribution is 2.32. The normalized spacial score (nSPS) is 14.8. The van der Waals surface area contributed by atoms with E-state index < -0.39 is 0 Å². The summed E-state index contributed by atoms with van der Waals surface area (Å²) in [5.41, 5.74) is 8.33. The third-order valence-corrected chi connectivity index (χ3v) is 5.62. The van der Waals surface area contributed by atoms with Gasteiger partial charge in [0.25, 0.3) is 5.91 Å². The second kappa shape index (κ2) is 8.17. The van der Waals surface area contributed by atoms with Crippen LogP contribution in [-0.4, -0.2) is 30.5 Å². The number of benzene rings is 2. The van der Waals surface area contributed by atoms with Gasteiger partial charge in [-0.3, -0.25) is 4.79 Å². The molecule has 0 aliphatic carbocycles.